The van der Waals surface area contributed by atoms with Crippen LogP contribution in [0.1, 0.15) is 12.8 Å². The van der Waals surface area contributed by atoms with Gasteiger partial charge in [0.05, 0.1) is 12.1 Å². The lowest BCUT2D eigenvalue weighted by Crippen LogP contribution is -2.28. The van der Waals surface area contributed by atoms with Gasteiger partial charge >= 0.3 is 5.69 Å². The zero-order chi connectivity index (χ0) is 19.7. The van der Waals surface area contributed by atoms with Gasteiger partial charge in [0.15, 0.2) is 0 Å². The second-order valence-corrected chi connectivity index (χ2v) is 6.89. The summed E-state index contributed by atoms with van der Waals surface area (Å²) in [5, 5.41) is 7.27. The number of hydrogen-bond donors (Lipinski definition) is 1. The summed E-state index contributed by atoms with van der Waals surface area (Å²) in [6.07, 6.45) is 3.90. The number of nitrogens with one attached hydrogen (secondary N) is 1. The van der Waals surface area contributed by atoms with Crippen LogP contribution in [0, 0.1) is 0 Å². The molecule has 0 spiro atoms. The van der Waals surface area contributed by atoms with Crippen molar-refractivity contribution >= 4 is 34.8 Å². The third-order valence-electron chi connectivity index (χ3n) is 4.60. The van der Waals surface area contributed by atoms with E-state index in [0.29, 0.717) is 16.5 Å². The smallest absolute Gasteiger partial charge is 0.352 e. The number of amides is 1. The quantitative estimate of drug-likeness (QED) is 0.699. The largest absolute Gasteiger partial charge is 0.495 e. The van der Waals surface area contributed by atoms with Crippen LogP contribution in [0.2, 0.25) is 5.02 Å². The molecule has 3 heterocycles. The lowest BCUT2D eigenvalue weighted by atomic mass is 10.3. The number of benzene rings is 1. The van der Waals surface area contributed by atoms with Crippen molar-refractivity contribution in [2.24, 2.45) is 0 Å². The van der Waals surface area contributed by atoms with Crippen molar-refractivity contribution in [3.05, 3.63) is 46.0 Å². The normalized spacial score (nSPS) is 13.9. The van der Waals surface area contributed by atoms with Gasteiger partial charge in [-0.3, -0.25) is 4.79 Å². The van der Waals surface area contributed by atoms with Crippen LogP contribution in [0.5, 0.6) is 5.75 Å². The molecule has 2 aromatic heterocycles. The number of methoxy groups -OCH3 is 1. The molecule has 4 rings (SSSR count). The second-order valence-electron chi connectivity index (χ2n) is 6.49. The zero-order valence-electron chi connectivity index (χ0n) is 15.3. The Morgan fingerprint density at radius 2 is 2.07 bits per heavy atom. The van der Waals surface area contributed by atoms with Crippen LogP contribution in [-0.2, 0) is 11.3 Å². The van der Waals surface area contributed by atoms with Crippen molar-refractivity contribution in [1.29, 1.82) is 0 Å². The molecule has 28 heavy (non-hydrogen) atoms. The number of rotatable bonds is 5. The monoisotopic (exact) mass is 402 g/mol. The Morgan fingerprint density at radius 3 is 2.79 bits per heavy atom. The summed E-state index contributed by atoms with van der Waals surface area (Å²) in [5.41, 5.74) is 0.0837. The Hall–Kier alpha value is -3.07. The molecular formula is C18H19ClN6O3. The molecule has 1 saturated heterocycles. The predicted octanol–water partition coefficient (Wildman–Crippen LogP) is 1.79. The summed E-state index contributed by atoms with van der Waals surface area (Å²) in [7, 11) is 1.51. The van der Waals surface area contributed by atoms with Crippen molar-refractivity contribution in [1.82, 2.24) is 19.2 Å². The van der Waals surface area contributed by atoms with E-state index in [-0.39, 0.29) is 12.3 Å². The van der Waals surface area contributed by atoms with Gasteiger partial charge < -0.3 is 15.0 Å². The van der Waals surface area contributed by atoms with Gasteiger partial charge in [-0.1, -0.05) is 11.6 Å². The van der Waals surface area contributed by atoms with Crippen molar-refractivity contribution in [3.8, 4) is 5.75 Å². The minimum Gasteiger partial charge on any atom is -0.495 e. The summed E-state index contributed by atoms with van der Waals surface area (Å²) in [4.78, 5) is 31.4. The SMILES string of the molecule is COc1ccc(NC(=O)Cn2nc3nc(N4CCCC4)ccn3c2=O)cc1Cl. The van der Waals surface area contributed by atoms with E-state index in [2.05, 4.69) is 20.3 Å². The molecule has 0 unspecified atom stereocenters. The fraction of sp³-hybridized carbons (Fsp3) is 0.333. The molecule has 3 aromatic rings. The van der Waals surface area contributed by atoms with Crippen LogP contribution in [0.25, 0.3) is 5.78 Å². The van der Waals surface area contributed by atoms with Gasteiger partial charge in [-0.25, -0.2) is 13.9 Å². The van der Waals surface area contributed by atoms with Gasteiger partial charge in [0.1, 0.15) is 18.1 Å². The minimum absolute atomic E-state index is 0.231. The van der Waals surface area contributed by atoms with E-state index in [0.717, 1.165) is 36.4 Å². The Balaban J connectivity index is 1.52. The molecule has 10 heteroatoms. The van der Waals surface area contributed by atoms with Crippen LogP contribution < -0.4 is 20.6 Å². The second kappa shape index (κ2) is 7.51. The molecule has 1 aliphatic rings. The van der Waals surface area contributed by atoms with Gasteiger partial charge in [-0.15, -0.1) is 5.10 Å². The van der Waals surface area contributed by atoms with Gasteiger partial charge in [0, 0.05) is 25.0 Å². The van der Waals surface area contributed by atoms with Crippen molar-refractivity contribution in [2.45, 2.75) is 19.4 Å². The maximum atomic E-state index is 12.5. The Morgan fingerprint density at radius 1 is 1.29 bits per heavy atom. The van der Waals surface area contributed by atoms with Gasteiger partial charge in [0.2, 0.25) is 5.91 Å². The fourth-order valence-corrected chi connectivity index (χ4v) is 3.46. The predicted molar refractivity (Wildman–Crippen MR) is 105 cm³/mol. The van der Waals surface area contributed by atoms with Crippen LogP contribution >= 0.6 is 11.6 Å². The number of nitrogens with zero attached hydrogens (tertiary/aromatic N) is 5. The highest BCUT2D eigenvalue weighted by Crippen LogP contribution is 2.27. The lowest BCUT2D eigenvalue weighted by molar-refractivity contribution is -0.117. The molecular weight excluding hydrogens is 384 g/mol. The third-order valence-corrected chi connectivity index (χ3v) is 4.89. The first-order valence-corrected chi connectivity index (χ1v) is 9.27. The molecule has 1 aromatic carbocycles. The number of carbonyl (C=O) groups excluding carboxylic acids is 1. The summed E-state index contributed by atoms with van der Waals surface area (Å²) >= 11 is 6.06. The minimum atomic E-state index is -0.418. The highest BCUT2D eigenvalue weighted by Gasteiger charge is 2.17. The van der Waals surface area contributed by atoms with Crippen LogP contribution in [0.15, 0.2) is 35.3 Å². The molecule has 1 fully saturated rings. The number of carbonyl (C=O) groups is 1. The molecule has 0 atom stereocenters. The van der Waals surface area contributed by atoms with Crippen LogP contribution in [0.4, 0.5) is 11.5 Å². The third kappa shape index (κ3) is 3.53. The number of fused-ring (bicyclic) bond motifs is 1. The Kier molecular flexibility index (Phi) is 4.91. The van der Waals surface area contributed by atoms with Gasteiger partial charge in [0.25, 0.3) is 5.78 Å². The van der Waals surface area contributed by atoms with E-state index in [1.54, 1.807) is 30.5 Å². The van der Waals surface area contributed by atoms with Crippen LogP contribution in [0.3, 0.4) is 0 Å². The van der Waals surface area contributed by atoms with E-state index in [9.17, 15) is 9.59 Å². The average Bonchev–Trinajstić information content (AvgIpc) is 3.31. The first-order chi connectivity index (χ1) is 13.5. The molecule has 0 saturated carbocycles. The standard InChI is InChI=1S/C18H19ClN6O3/c1-28-14-5-4-12(10-13(14)19)20-16(26)11-25-18(27)24-9-6-15(21-17(24)22-25)23-7-2-3-8-23/h4-6,9-10H,2-3,7-8,11H2,1H3,(H,20,26). The van der Waals surface area contributed by atoms with Crippen molar-refractivity contribution in [3.63, 3.8) is 0 Å². The number of anilines is 2. The molecule has 1 amide bonds. The molecule has 0 bridgehead atoms. The summed E-state index contributed by atoms with van der Waals surface area (Å²) in [5.74, 6) is 1.18. The van der Waals surface area contributed by atoms with E-state index in [1.165, 1.54) is 11.5 Å². The number of ether oxygens (including phenoxy) is 1. The Labute approximate surface area is 165 Å². The van der Waals surface area contributed by atoms with Crippen molar-refractivity contribution in [2.75, 3.05) is 30.4 Å². The molecule has 0 radical (unpaired) electrons. The van der Waals surface area contributed by atoms with E-state index in [4.69, 9.17) is 16.3 Å². The first kappa shape index (κ1) is 18.3. The maximum absolute atomic E-state index is 12.5. The summed E-state index contributed by atoms with van der Waals surface area (Å²) < 4.78 is 7.51. The highest BCUT2D eigenvalue weighted by atomic mass is 35.5. The molecule has 0 aliphatic carbocycles. The molecule has 9 nitrogen and oxygen atoms in total. The van der Waals surface area contributed by atoms with Gasteiger partial charge in [-0.2, -0.15) is 4.98 Å². The topological polar surface area (TPSA) is 93.8 Å². The highest BCUT2D eigenvalue weighted by molar-refractivity contribution is 6.32. The summed E-state index contributed by atoms with van der Waals surface area (Å²) in [6.45, 7) is 1.66. The van der Waals surface area contributed by atoms with E-state index in [1.807, 2.05) is 0 Å². The molecule has 1 N–H and O–H groups in total. The zero-order valence-corrected chi connectivity index (χ0v) is 16.0. The molecule has 1 aliphatic heterocycles. The van der Waals surface area contributed by atoms with E-state index >= 15 is 0 Å². The summed E-state index contributed by atoms with van der Waals surface area (Å²) in [6, 6.07) is 6.69. The number of hydrogen-bond acceptors (Lipinski definition) is 6. The lowest BCUT2D eigenvalue weighted by Gasteiger charge is -2.15. The fourth-order valence-electron chi connectivity index (χ4n) is 3.20. The van der Waals surface area contributed by atoms with Crippen LogP contribution in [-0.4, -0.2) is 45.3 Å². The molecule has 146 valence electrons. The number of aromatic nitrogens is 4. The average molecular weight is 403 g/mol. The number of halogens is 1. The Bertz CT molecular complexity index is 1090. The maximum Gasteiger partial charge on any atom is 0.352 e. The first-order valence-electron chi connectivity index (χ1n) is 8.90. The van der Waals surface area contributed by atoms with Crippen molar-refractivity contribution < 1.29 is 9.53 Å². The van der Waals surface area contributed by atoms with E-state index < -0.39 is 11.6 Å². The van der Waals surface area contributed by atoms with Gasteiger partial charge in [-0.05, 0) is 37.1 Å².